The molecule has 0 N–H and O–H groups in total. The van der Waals surface area contributed by atoms with Gasteiger partial charge in [0.1, 0.15) is 12.4 Å². The zero-order chi connectivity index (χ0) is 17.6. The number of anilines is 2. The Kier molecular flexibility index (Phi) is 5.37. The molecule has 0 bridgehead atoms. The Morgan fingerprint density at radius 1 is 1.36 bits per heavy atom. The average Bonchev–Trinajstić information content (AvgIpc) is 2.62. The van der Waals surface area contributed by atoms with E-state index in [1.807, 2.05) is 36.4 Å². The molecule has 2 aromatic carbocycles. The molecule has 0 spiro atoms. The van der Waals surface area contributed by atoms with Crippen LogP contribution >= 0.6 is 0 Å². The summed E-state index contributed by atoms with van der Waals surface area (Å²) in [5, 5.41) is 9.21. The van der Waals surface area contributed by atoms with Gasteiger partial charge in [0, 0.05) is 30.4 Å². The first-order valence-corrected chi connectivity index (χ1v) is 8.47. The minimum atomic E-state index is 0.136. The lowest BCUT2D eigenvalue weighted by atomic mass is 10.0. The first-order valence-electron chi connectivity index (χ1n) is 8.47. The van der Waals surface area contributed by atoms with Crippen LogP contribution in [0.3, 0.4) is 0 Å². The second kappa shape index (κ2) is 7.87. The van der Waals surface area contributed by atoms with Crippen LogP contribution in [0, 0.1) is 11.3 Å². The normalized spacial score (nSPS) is 17.0. The second-order valence-corrected chi connectivity index (χ2v) is 6.09. The molecule has 25 heavy (non-hydrogen) atoms. The van der Waals surface area contributed by atoms with E-state index in [9.17, 15) is 5.26 Å². The first kappa shape index (κ1) is 17.1. The molecule has 4 heteroatoms. The number of nitrogens with zero attached hydrogens (tertiary/aromatic N) is 2. The zero-order valence-corrected chi connectivity index (χ0v) is 14.4. The van der Waals surface area contributed by atoms with Crippen molar-refractivity contribution < 1.29 is 9.47 Å². The standard InChI is InChI=1S/C21H22N2O2/c1-3-10-25-20-6-4-5-19(14-20)23-9-11-24-16(2)12-18-13-17(15-22)7-8-21(18)23/h3-8,13-14,16H,1,9-12H2,2H3. The van der Waals surface area contributed by atoms with Crippen LogP contribution in [0.5, 0.6) is 5.75 Å². The number of rotatable bonds is 4. The Bertz CT molecular complexity index is 795. The fourth-order valence-electron chi connectivity index (χ4n) is 3.08. The molecule has 1 unspecified atom stereocenters. The van der Waals surface area contributed by atoms with E-state index in [1.165, 1.54) is 0 Å². The summed E-state index contributed by atoms with van der Waals surface area (Å²) in [7, 11) is 0. The van der Waals surface area contributed by atoms with Crippen LogP contribution < -0.4 is 9.64 Å². The van der Waals surface area contributed by atoms with Crippen molar-refractivity contribution in [2.24, 2.45) is 0 Å². The van der Waals surface area contributed by atoms with Crippen LogP contribution in [0.1, 0.15) is 18.1 Å². The molecule has 1 aliphatic rings. The summed E-state index contributed by atoms with van der Waals surface area (Å²) in [4.78, 5) is 2.23. The maximum atomic E-state index is 9.21. The Hall–Kier alpha value is -2.77. The predicted octanol–water partition coefficient (Wildman–Crippen LogP) is 4.22. The SMILES string of the molecule is C=CCOc1cccc(N2CCOC(C)Cc3cc(C#N)ccc32)c1. The first-order chi connectivity index (χ1) is 12.2. The lowest BCUT2D eigenvalue weighted by Crippen LogP contribution is -2.29. The third kappa shape index (κ3) is 4.01. The second-order valence-electron chi connectivity index (χ2n) is 6.09. The van der Waals surface area contributed by atoms with Gasteiger partial charge in [-0.3, -0.25) is 0 Å². The van der Waals surface area contributed by atoms with Gasteiger partial charge < -0.3 is 14.4 Å². The van der Waals surface area contributed by atoms with Gasteiger partial charge >= 0.3 is 0 Å². The van der Waals surface area contributed by atoms with Gasteiger partial charge in [0.25, 0.3) is 0 Å². The van der Waals surface area contributed by atoms with Crippen molar-refractivity contribution in [2.75, 3.05) is 24.7 Å². The van der Waals surface area contributed by atoms with E-state index in [0.29, 0.717) is 18.8 Å². The van der Waals surface area contributed by atoms with Crippen LogP contribution in [0.4, 0.5) is 11.4 Å². The molecule has 0 radical (unpaired) electrons. The number of nitriles is 1. The van der Waals surface area contributed by atoms with Crippen LogP contribution in [-0.2, 0) is 11.2 Å². The van der Waals surface area contributed by atoms with Crippen molar-refractivity contribution in [3.63, 3.8) is 0 Å². The Balaban J connectivity index is 2.00. The summed E-state index contributed by atoms with van der Waals surface area (Å²) in [6.45, 7) is 7.63. The predicted molar refractivity (Wildman–Crippen MR) is 99.4 cm³/mol. The maximum absolute atomic E-state index is 9.21. The summed E-state index contributed by atoms with van der Waals surface area (Å²) in [5.41, 5.74) is 3.97. The molecule has 1 aliphatic heterocycles. The molecular weight excluding hydrogens is 312 g/mol. The molecule has 1 atom stereocenters. The highest BCUT2D eigenvalue weighted by Crippen LogP contribution is 2.33. The molecule has 0 amide bonds. The van der Waals surface area contributed by atoms with E-state index in [2.05, 4.69) is 30.5 Å². The smallest absolute Gasteiger partial charge is 0.121 e. The highest BCUT2D eigenvalue weighted by Gasteiger charge is 2.19. The fraction of sp³-hybridized carbons (Fsp3) is 0.286. The van der Waals surface area contributed by atoms with Crippen molar-refractivity contribution in [1.29, 1.82) is 5.26 Å². The summed E-state index contributed by atoms with van der Waals surface area (Å²) in [6, 6.07) is 16.1. The molecular formula is C21H22N2O2. The van der Waals surface area contributed by atoms with Gasteiger partial charge in [-0.05, 0) is 42.8 Å². The largest absolute Gasteiger partial charge is 0.489 e. The highest BCUT2D eigenvalue weighted by atomic mass is 16.5. The Labute approximate surface area is 148 Å². The molecule has 0 aliphatic carbocycles. The third-order valence-corrected chi connectivity index (χ3v) is 4.22. The summed E-state index contributed by atoms with van der Waals surface area (Å²) >= 11 is 0. The van der Waals surface area contributed by atoms with Crippen LogP contribution in [0.25, 0.3) is 0 Å². The maximum Gasteiger partial charge on any atom is 0.121 e. The summed E-state index contributed by atoms with van der Waals surface area (Å²) in [5.74, 6) is 0.809. The van der Waals surface area contributed by atoms with Gasteiger partial charge in [0.05, 0.1) is 24.3 Å². The van der Waals surface area contributed by atoms with Gasteiger partial charge in [0.15, 0.2) is 0 Å². The molecule has 2 aromatic rings. The Morgan fingerprint density at radius 3 is 3.04 bits per heavy atom. The number of hydrogen-bond acceptors (Lipinski definition) is 4. The van der Waals surface area contributed by atoms with E-state index in [0.717, 1.165) is 35.7 Å². The quantitative estimate of drug-likeness (QED) is 0.785. The van der Waals surface area contributed by atoms with Crippen LogP contribution in [-0.4, -0.2) is 25.9 Å². The van der Waals surface area contributed by atoms with Crippen molar-refractivity contribution in [3.8, 4) is 11.8 Å². The third-order valence-electron chi connectivity index (χ3n) is 4.22. The van der Waals surface area contributed by atoms with E-state index in [-0.39, 0.29) is 6.10 Å². The number of ether oxygens (including phenoxy) is 2. The molecule has 3 rings (SSSR count). The highest BCUT2D eigenvalue weighted by molar-refractivity contribution is 5.69. The van der Waals surface area contributed by atoms with E-state index in [4.69, 9.17) is 9.47 Å². The minimum absolute atomic E-state index is 0.136. The molecule has 0 saturated heterocycles. The molecule has 0 aromatic heterocycles. The number of benzene rings is 2. The van der Waals surface area contributed by atoms with Crippen molar-refractivity contribution in [1.82, 2.24) is 0 Å². The lowest BCUT2D eigenvalue weighted by Gasteiger charge is -2.31. The lowest BCUT2D eigenvalue weighted by molar-refractivity contribution is 0.0703. The van der Waals surface area contributed by atoms with E-state index in [1.54, 1.807) is 6.08 Å². The van der Waals surface area contributed by atoms with Gasteiger partial charge in [-0.15, -0.1) is 0 Å². The topological polar surface area (TPSA) is 45.5 Å². The van der Waals surface area contributed by atoms with E-state index < -0.39 is 0 Å². The molecule has 1 heterocycles. The zero-order valence-electron chi connectivity index (χ0n) is 14.4. The summed E-state index contributed by atoms with van der Waals surface area (Å²) in [6.07, 6.45) is 2.65. The Morgan fingerprint density at radius 2 is 2.24 bits per heavy atom. The van der Waals surface area contributed by atoms with Gasteiger partial charge in [0.2, 0.25) is 0 Å². The molecule has 128 valence electrons. The van der Waals surface area contributed by atoms with Crippen molar-refractivity contribution in [2.45, 2.75) is 19.4 Å². The summed E-state index contributed by atoms with van der Waals surface area (Å²) < 4.78 is 11.6. The minimum Gasteiger partial charge on any atom is -0.489 e. The van der Waals surface area contributed by atoms with Gasteiger partial charge in [-0.25, -0.2) is 0 Å². The molecule has 0 fully saturated rings. The average molecular weight is 334 g/mol. The van der Waals surface area contributed by atoms with Gasteiger partial charge in [-0.2, -0.15) is 5.26 Å². The monoisotopic (exact) mass is 334 g/mol. The van der Waals surface area contributed by atoms with Crippen LogP contribution in [0.15, 0.2) is 55.1 Å². The fourth-order valence-corrected chi connectivity index (χ4v) is 3.08. The number of fused-ring (bicyclic) bond motifs is 1. The molecule has 0 saturated carbocycles. The molecule has 4 nitrogen and oxygen atoms in total. The number of hydrogen-bond donors (Lipinski definition) is 0. The van der Waals surface area contributed by atoms with Gasteiger partial charge in [-0.1, -0.05) is 18.7 Å². The van der Waals surface area contributed by atoms with Crippen molar-refractivity contribution >= 4 is 11.4 Å². The van der Waals surface area contributed by atoms with E-state index >= 15 is 0 Å². The van der Waals surface area contributed by atoms with Crippen LogP contribution in [0.2, 0.25) is 0 Å². The van der Waals surface area contributed by atoms with Crippen molar-refractivity contribution in [3.05, 3.63) is 66.2 Å².